The fourth-order valence-corrected chi connectivity index (χ4v) is 8.29. The van der Waals surface area contributed by atoms with E-state index in [-0.39, 0.29) is 23.5 Å². The minimum Gasteiger partial charge on any atom is -0.361 e. The molecule has 4 aromatic heterocycles. The molecule has 0 unspecified atom stereocenters. The van der Waals surface area contributed by atoms with E-state index in [1.165, 1.54) is 6.07 Å². The van der Waals surface area contributed by atoms with Crippen molar-refractivity contribution in [2.24, 2.45) is 0 Å². The van der Waals surface area contributed by atoms with E-state index in [0.29, 0.717) is 61.1 Å². The van der Waals surface area contributed by atoms with Crippen LogP contribution in [0.2, 0.25) is 0 Å². The Hall–Kier alpha value is -6.44. The van der Waals surface area contributed by atoms with Crippen LogP contribution in [-0.4, -0.2) is 93.6 Å². The number of nitro groups is 1. The number of nitrogens with one attached hydrogen (secondary N) is 3. The monoisotopic (exact) mass is 821 g/mol. The minimum absolute atomic E-state index is 0.0849. The van der Waals surface area contributed by atoms with Crippen molar-refractivity contribution in [3.05, 3.63) is 136 Å². The van der Waals surface area contributed by atoms with Crippen LogP contribution in [0.5, 0.6) is 0 Å². The smallest absolute Gasteiger partial charge is 0.312 e. The summed E-state index contributed by atoms with van der Waals surface area (Å²) < 4.78 is 30.5. The van der Waals surface area contributed by atoms with Gasteiger partial charge in [-0.25, -0.2) is 32.6 Å². The van der Waals surface area contributed by atoms with Gasteiger partial charge >= 0.3 is 5.69 Å². The molecule has 0 fully saturated rings. The number of anilines is 3. The standard InChI is InChI=1S/C39H39N11O6S2/c1-47(2)19-17-27(25-57-28-10-4-3-5-11-28)42-37-33(50(53)54)21-29(22-40-37)58(55,56)46-39(52)32-13-7-14-35(43-32)48-20-16-26-9-6-12-30(31(26)23-48)38(51)45-34-24-49-36(44-34)15-8-18-41-49/h3-15,18,21-22,24,27H,16-17,19-20,23,25H2,1-2H3,(H,40,42)(H,45,51)(H,46,52)/t27-/m1/s1. The van der Waals surface area contributed by atoms with Gasteiger partial charge < -0.3 is 20.4 Å². The van der Waals surface area contributed by atoms with Crippen molar-refractivity contribution in [1.29, 1.82) is 0 Å². The average Bonchev–Trinajstić information content (AvgIpc) is 3.64. The van der Waals surface area contributed by atoms with Gasteiger partial charge in [-0.15, -0.1) is 11.8 Å². The molecule has 0 saturated heterocycles. The van der Waals surface area contributed by atoms with Crippen molar-refractivity contribution in [3.8, 4) is 0 Å². The first-order chi connectivity index (χ1) is 27.9. The molecule has 7 rings (SSSR count). The zero-order valence-electron chi connectivity index (χ0n) is 31.5. The lowest BCUT2D eigenvalue weighted by Gasteiger charge is -2.31. The quantitative estimate of drug-likeness (QED) is 0.0716. The zero-order chi connectivity index (χ0) is 40.8. The summed E-state index contributed by atoms with van der Waals surface area (Å²) in [5.74, 6) is -0.162. The summed E-state index contributed by atoms with van der Waals surface area (Å²) in [6.07, 6.45) is 5.44. The second-order valence-corrected chi connectivity index (χ2v) is 16.5. The SMILES string of the molecule is CN(C)CC[C@H](CSc1ccccc1)Nc1ncc(S(=O)(=O)NC(=O)c2cccc(N3CCc4cccc(C(=O)Nc5cn6ncccc6n5)c4C3)n2)cc1[N+](=O)[O-]. The average molecular weight is 822 g/mol. The summed E-state index contributed by atoms with van der Waals surface area (Å²) >= 11 is 1.58. The van der Waals surface area contributed by atoms with E-state index in [1.807, 2.05) is 71.1 Å². The van der Waals surface area contributed by atoms with Crippen LogP contribution in [0, 0.1) is 10.1 Å². The molecular weight excluding hydrogens is 783 g/mol. The third-order valence-electron chi connectivity index (χ3n) is 9.32. The van der Waals surface area contributed by atoms with Gasteiger partial charge in [-0.3, -0.25) is 19.7 Å². The molecule has 6 aromatic rings. The summed E-state index contributed by atoms with van der Waals surface area (Å²) in [5.41, 5.74) is 2.05. The van der Waals surface area contributed by atoms with Crippen molar-refractivity contribution >= 4 is 62.4 Å². The van der Waals surface area contributed by atoms with Gasteiger partial charge in [-0.1, -0.05) is 36.4 Å². The molecule has 0 radical (unpaired) electrons. The first-order valence-electron chi connectivity index (χ1n) is 18.2. The Kier molecular flexibility index (Phi) is 11.9. The molecule has 2 amide bonds. The normalized spacial score (nSPS) is 13.2. The molecule has 0 spiro atoms. The number of hydrogen-bond donors (Lipinski definition) is 3. The topological polar surface area (TPSA) is 210 Å². The number of benzene rings is 2. The summed E-state index contributed by atoms with van der Waals surface area (Å²) in [5, 5.41) is 22.4. The van der Waals surface area contributed by atoms with Gasteiger partial charge in [0.15, 0.2) is 11.5 Å². The predicted octanol–water partition coefficient (Wildman–Crippen LogP) is 4.89. The van der Waals surface area contributed by atoms with E-state index in [1.54, 1.807) is 59.0 Å². The number of thioether (sulfide) groups is 1. The molecule has 1 aliphatic heterocycles. The van der Waals surface area contributed by atoms with Crippen LogP contribution >= 0.6 is 11.8 Å². The first-order valence-corrected chi connectivity index (χ1v) is 20.7. The maximum atomic E-state index is 13.5. The molecular formula is C39H39N11O6S2. The van der Waals surface area contributed by atoms with Crippen LogP contribution in [0.15, 0.2) is 113 Å². The van der Waals surface area contributed by atoms with E-state index < -0.39 is 31.4 Å². The van der Waals surface area contributed by atoms with E-state index in [0.717, 1.165) is 28.3 Å². The van der Waals surface area contributed by atoms with E-state index in [4.69, 9.17) is 0 Å². The molecule has 2 aromatic carbocycles. The summed E-state index contributed by atoms with van der Waals surface area (Å²) in [6.45, 7) is 1.50. The Morgan fingerprint density at radius 1 is 1.00 bits per heavy atom. The van der Waals surface area contributed by atoms with Crippen LogP contribution in [0.4, 0.5) is 23.1 Å². The highest BCUT2D eigenvalue weighted by Crippen LogP contribution is 2.29. The number of pyridine rings is 2. The van der Waals surface area contributed by atoms with Crippen LogP contribution in [-0.2, 0) is 23.0 Å². The van der Waals surface area contributed by atoms with Gasteiger partial charge in [0.05, 0.1) is 17.3 Å². The fourth-order valence-electron chi connectivity index (χ4n) is 6.37. The van der Waals surface area contributed by atoms with Gasteiger partial charge in [0.2, 0.25) is 5.82 Å². The van der Waals surface area contributed by atoms with Gasteiger partial charge in [0.1, 0.15) is 16.4 Å². The minimum atomic E-state index is -4.62. The molecule has 5 heterocycles. The lowest BCUT2D eigenvalue weighted by molar-refractivity contribution is -0.384. The summed E-state index contributed by atoms with van der Waals surface area (Å²) in [4.78, 5) is 55.7. The van der Waals surface area contributed by atoms with Gasteiger partial charge in [-0.2, -0.15) is 5.10 Å². The number of aromatic nitrogens is 5. The van der Waals surface area contributed by atoms with E-state index in [2.05, 4.69) is 30.7 Å². The van der Waals surface area contributed by atoms with Crippen LogP contribution in [0.1, 0.15) is 38.4 Å². The summed E-state index contributed by atoms with van der Waals surface area (Å²) in [7, 11) is -0.763. The lowest BCUT2D eigenvalue weighted by Crippen LogP contribution is -2.34. The number of imidazole rings is 1. The third-order valence-corrected chi connectivity index (χ3v) is 11.8. The van der Waals surface area contributed by atoms with Crippen molar-refractivity contribution in [1.82, 2.24) is 34.2 Å². The van der Waals surface area contributed by atoms with Crippen molar-refractivity contribution in [2.45, 2.75) is 35.2 Å². The summed E-state index contributed by atoms with van der Waals surface area (Å²) in [6, 6.07) is 24.0. The maximum Gasteiger partial charge on any atom is 0.312 e. The molecule has 17 nitrogen and oxygen atoms in total. The van der Waals surface area contributed by atoms with Crippen LogP contribution in [0.3, 0.4) is 0 Å². The van der Waals surface area contributed by atoms with E-state index >= 15 is 0 Å². The Bertz CT molecular complexity index is 2560. The highest BCUT2D eigenvalue weighted by Gasteiger charge is 2.28. The number of nitrogens with zero attached hydrogens (tertiary/aromatic N) is 8. The molecule has 1 atom stereocenters. The zero-order valence-corrected chi connectivity index (χ0v) is 33.1. The Morgan fingerprint density at radius 2 is 1.81 bits per heavy atom. The third kappa shape index (κ3) is 9.39. The highest BCUT2D eigenvalue weighted by atomic mass is 32.2. The molecule has 0 saturated carbocycles. The number of amides is 2. The number of carbonyl (C=O) groups is 2. The number of fused-ring (bicyclic) bond motifs is 2. The second kappa shape index (κ2) is 17.4. The Morgan fingerprint density at radius 3 is 2.59 bits per heavy atom. The Balaban J connectivity index is 1.04. The van der Waals surface area contributed by atoms with Crippen molar-refractivity contribution in [2.75, 3.05) is 48.5 Å². The number of hydrogen-bond acceptors (Lipinski definition) is 14. The van der Waals surface area contributed by atoms with Gasteiger partial charge in [0, 0.05) is 47.6 Å². The number of rotatable bonds is 15. The van der Waals surface area contributed by atoms with Gasteiger partial charge in [0.25, 0.3) is 21.8 Å². The van der Waals surface area contributed by atoms with Crippen molar-refractivity contribution < 1.29 is 22.9 Å². The maximum absolute atomic E-state index is 13.5. The molecule has 0 aliphatic carbocycles. The molecule has 3 N–H and O–H groups in total. The van der Waals surface area contributed by atoms with Crippen molar-refractivity contribution in [3.63, 3.8) is 0 Å². The molecule has 1 aliphatic rings. The first kappa shape index (κ1) is 39.8. The number of sulfonamides is 1. The second-order valence-electron chi connectivity index (χ2n) is 13.7. The molecule has 58 heavy (non-hydrogen) atoms. The van der Waals surface area contributed by atoms with Crippen LogP contribution in [0.25, 0.3) is 5.65 Å². The number of carbonyl (C=O) groups excluding carboxylic acids is 2. The largest absolute Gasteiger partial charge is 0.361 e. The Labute approximate surface area is 338 Å². The lowest BCUT2D eigenvalue weighted by atomic mass is 9.94. The molecule has 19 heteroatoms. The predicted molar refractivity (Wildman–Crippen MR) is 220 cm³/mol. The fraction of sp³-hybridized carbons (Fsp3) is 0.231. The van der Waals surface area contributed by atoms with E-state index in [9.17, 15) is 28.1 Å². The van der Waals surface area contributed by atoms with Gasteiger partial charge in [-0.05, 0) is 87.1 Å². The molecule has 298 valence electrons. The highest BCUT2D eigenvalue weighted by molar-refractivity contribution is 7.99. The van der Waals surface area contributed by atoms with Crippen LogP contribution < -0.4 is 20.3 Å². The molecule has 0 bridgehead atoms.